The topological polar surface area (TPSA) is 75.2 Å². The number of rotatable bonds is 9. The summed E-state index contributed by atoms with van der Waals surface area (Å²) in [4.78, 5) is 17.4. The molecule has 1 aromatic carbocycles. The van der Waals surface area contributed by atoms with Gasteiger partial charge in [0.25, 0.3) is 0 Å². The van der Waals surface area contributed by atoms with Gasteiger partial charge in [0, 0.05) is 33.3 Å². The maximum atomic E-state index is 11.6. The van der Waals surface area contributed by atoms with Crippen molar-refractivity contribution in [3.8, 4) is 11.5 Å². The van der Waals surface area contributed by atoms with Crippen LogP contribution >= 0.6 is 24.0 Å². The van der Waals surface area contributed by atoms with Gasteiger partial charge in [-0.3, -0.25) is 4.79 Å². The van der Waals surface area contributed by atoms with Gasteiger partial charge in [0.2, 0.25) is 5.91 Å². The minimum atomic E-state index is -0.0337. The van der Waals surface area contributed by atoms with Gasteiger partial charge >= 0.3 is 0 Å². The van der Waals surface area contributed by atoms with Crippen molar-refractivity contribution in [3.05, 3.63) is 24.3 Å². The van der Waals surface area contributed by atoms with Crippen LogP contribution in [0.5, 0.6) is 11.5 Å². The zero-order chi connectivity index (χ0) is 17.8. The molecule has 0 heterocycles. The van der Waals surface area contributed by atoms with Crippen LogP contribution in [0, 0.1) is 0 Å². The van der Waals surface area contributed by atoms with E-state index in [9.17, 15) is 4.79 Å². The van der Waals surface area contributed by atoms with Crippen molar-refractivity contribution < 1.29 is 14.3 Å². The number of benzene rings is 1. The molecule has 0 aliphatic heterocycles. The van der Waals surface area contributed by atoms with Crippen LogP contribution in [-0.4, -0.2) is 64.2 Å². The van der Waals surface area contributed by atoms with Gasteiger partial charge in [0.1, 0.15) is 18.0 Å². The molecule has 8 heteroatoms. The summed E-state index contributed by atoms with van der Waals surface area (Å²) >= 11 is 0. The Kier molecular flexibility index (Phi) is 12.6. The van der Waals surface area contributed by atoms with E-state index in [2.05, 4.69) is 15.6 Å². The number of carbonyl (C=O) groups is 1. The Morgan fingerprint density at radius 1 is 1.24 bits per heavy atom. The predicted molar refractivity (Wildman–Crippen MR) is 111 cm³/mol. The van der Waals surface area contributed by atoms with Gasteiger partial charge in [0.05, 0.1) is 13.7 Å². The summed E-state index contributed by atoms with van der Waals surface area (Å²) in [6.07, 6.45) is 0.809. The SMILES string of the molecule is CCNC(=NCC(=O)N(C)C)NCCCOc1cccc(OC)c1.I. The molecule has 0 saturated heterocycles. The van der Waals surface area contributed by atoms with Gasteiger partial charge in [-0.25, -0.2) is 4.99 Å². The molecule has 1 amide bonds. The van der Waals surface area contributed by atoms with Crippen molar-refractivity contribution in [2.75, 3.05) is 47.4 Å². The Morgan fingerprint density at radius 2 is 1.96 bits per heavy atom. The van der Waals surface area contributed by atoms with E-state index in [1.807, 2.05) is 31.2 Å². The van der Waals surface area contributed by atoms with E-state index in [1.165, 1.54) is 4.90 Å². The Balaban J connectivity index is 0.00000576. The molecule has 0 saturated carbocycles. The lowest BCUT2D eigenvalue weighted by atomic mass is 10.3. The number of hydrogen-bond donors (Lipinski definition) is 2. The van der Waals surface area contributed by atoms with Gasteiger partial charge < -0.3 is 25.0 Å². The van der Waals surface area contributed by atoms with Gasteiger partial charge in [-0.1, -0.05) is 6.07 Å². The van der Waals surface area contributed by atoms with Gasteiger partial charge in [-0.05, 0) is 25.5 Å². The quantitative estimate of drug-likeness (QED) is 0.252. The van der Waals surface area contributed by atoms with Crippen molar-refractivity contribution in [1.29, 1.82) is 0 Å². The Labute approximate surface area is 167 Å². The van der Waals surface area contributed by atoms with Crippen LogP contribution in [0.1, 0.15) is 13.3 Å². The van der Waals surface area contributed by atoms with E-state index in [1.54, 1.807) is 21.2 Å². The van der Waals surface area contributed by atoms with Gasteiger partial charge in [-0.2, -0.15) is 0 Å². The lowest BCUT2D eigenvalue weighted by Crippen LogP contribution is -2.39. The van der Waals surface area contributed by atoms with Crippen LogP contribution in [-0.2, 0) is 4.79 Å². The predicted octanol–water partition coefficient (Wildman–Crippen LogP) is 1.73. The summed E-state index contributed by atoms with van der Waals surface area (Å²) in [5.74, 6) is 2.16. The van der Waals surface area contributed by atoms with Crippen molar-refractivity contribution in [1.82, 2.24) is 15.5 Å². The zero-order valence-electron chi connectivity index (χ0n) is 15.4. The zero-order valence-corrected chi connectivity index (χ0v) is 17.7. The number of carbonyl (C=O) groups excluding carboxylic acids is 1. The number of ether oxygens (including phenoxy) is 2. The highest BCUT2D eigenvalue weighted by Gasteiger charge is 2.04. The minimum Gasteiger partial charge on any atom is -0.497 e. The highest BCUT2D eigenvalue weighted by atomic mass is 127. The molecule has 25 heavy (non-hydrogen) atoms. The number of nitrogens with one attached hydrogen (secondary N) is 2. The van der Waals surface area contributed by atoms with Crippen LogP contribution in [0.15, 0.2) is 29.3 Å². The molecular weight excluding hydrogens is 435 g/mol. The lowest BCUT2D eigenvalue weighted by molar-refractivity contribution is -0.127. The van der Waals surface area contributed by atoms with Gasteiger partial charge in [-0.15, -0.1) is 24.0 Å². The van der Waals surface area contributed by atoms with Crippen LogP contribution in [0.25, 0.3) is 0 Å². The van der Waals surface area contributed by atoms with Crippen LogP contribution in [0.2, 0.25) is 0 Å². The van der Waals surface area contributed by atoms with Gasteiger partial charge in [0.15, 0.2) is 5.96 Å². The number of amides is 1. The minimum absolute atomic E-state index is 0. The molecule has 0 radical (unpaired) electrons. The van der Waals surface area contributed by atoms with E-state index < -0.39 is 0 Å². The molecule has 142 valence electrons. The second-order valence-electron chi connectivity index (χ2n) is 5.29. The Hall–Kier alpha value is -1.71. The number of halogens is 1. The molecule has 1 rings (SSSR count). The van der Waals surface area contributed by atoms with Crippen molar-refractivity contribution in [2.24, 2.45) is 4.99 Å². The molecule has 0 aliphatic carbocycles. The first-order chi connectivity index (χ1) is 11.6. The first kappa shape index (κ1) is 23.3. The number of methoxy groups -OCH3 is 1. The third-order valence-corrected chi connectivity index (χ3v) is 3.14. The highest BCUT2D eigenvalue weighted by Crippen LogP contribution is 2.18. The molecule has 2 N–H and O–H groups in total. The van der Waals surface area contributed by atoms with Crippen molar-refractivity contribution in [2.45, 2.75) is 13.3 Å². The molecule has 0 unspecified atom stereocenters. The Morgan fingerprint density at radius 3 is 2.60 bits per heavy atom. The monoisotopic (exact) mass is 464 g/mol. The molecular formula is C17H29IN4O3. The number of likely N-dealkylation sites (N-methyl/N-ethyl adjacent to an activating group) is 1. The molecule has 1 aromatic rings. The van der Waals surface area contributed by atoms with Crippen LogP contribution in [0.3, 0.4) is 0 Å². The molecule has 0 aliphatic rings. The van der Waals surface area contributed by atoms with Crippen molar-refractivity contribution in [3.63, 3.8) is 0 Å². The lowest BCUT2D eigenvalue weighted by Gasteiger charge is -2.13. The molecule has 0 spiro atoms. The van der Waals surface area contributed by atoms with Crippen molar-refractivity contribution >= 4 is 35.8 Å². The third kappa shape index (κ3) is 10.0. The fourth-order valence-corrected chi connectivity index (χ4v) is 1.79. The third-order valence-electron chi connectivity index (χ3n) is 3.14. The number of guanidine groups is 1. The van der Waals surface area contributed by atoms with E-state index in [-0.39, 0.29) is 36.4 Å². The second-order valence-corrected chi connectivity index (χ2v) is 5.29. The maximum Gasteiger partial charge on any atom is 0.243 e. The van der Waals surface area contributed by atoms with Crippen LogP contribution < -0.4 is 20.1 Å². The van der Waals surface area contributed by atoms with Crippen LogP contribution in [0.4, 0.5) is 0 Å². The summed E-state index contributed by atoms with van der Waals surface area (Å²) in [6.45, 7) is 4.13. The summed E-state index contributed by atoms with van der Waals surface area (Å²) in [5.41, 5.74) is 0. The normalized spacial score (nSPS) is 10.5. The maximum absolute atomic E-state index is 11.6. The summed E-state index contributed by atoms with van der Waals surface area (Å²) in [7, 11) is 5.06. The number of nitrogens with zero attached hydrogens (tertiary/aromatic N) is 2. The van der Waals surface area contributed by atoms with E-state index in [0.29, 0.717) is 19.1 Å². The molecule has 0 bridgehead atoms. The first-order valence-corrected chi connectivity index (χ1v) is 8.06. The average molecular weight is 464 g/mol. The fraction of sp³-hybridized carbons (Fsp3) is 0.529. The molecule has 0 fully saturated rings. The summed E-state index contributed by atoms with van der Waals surface area (Å²) in [5, 5.41) is 6.30. The average Bonchev–Trinajstić information content (AvgIpc) is 2.59. The largest absolute Gasteiger partial charge is 0.497 e. The second kappa shape index (κ2) is 13.6. The molecule has 0 atom stereocenters. The number of aliphatic imine (C=N–C) groups is 1. The van der Waals surface area contributed by atoms with E-state index >= 15 is 0 Å². The summed E-state index contributed by atoms with van der Waals surface area (Å²) < 4.78 is 10.8. The smallest absolute Gasteiger partial charge is 0.243 e. The first-order valence-electron chi connectivity index (χ1n) is 8.06. The highest BCUT2D eigenvalue weighted by molar-refractivity contribution is 14.0. The molecule has 7 nitrogen and oxygen atoms in total. The summed E-state index contributed by atoms with van der Waals surface area (Å²) in [6, 6.07) is 7.52. The van der Waals surface area contributed by atoms with E-state index in [4.69, 9.17) is 9.47 Å². The fourth-order valence-electron chi connectivity index (χ4n) is 1.79. The van der Waals surface area contributed by atoms with E-state index in [0.717, 1.165) is 24.5 Å². The number of hydrogen-bond acceptors (Lipinski definition) is 4. The standard InChI is InChI=1S/C17H28N4O3.HI/c1-5-18-17(20-13-16(22)21(2)3)19-10-7-11-24-15-9-6-8-14(12-15)23-4;/h6,8-9,12H,5,7,10-11,13H2,1-4H3,(H2,18,19,20);1H. The molecule has 0 aromatic heterocycles. The Bertz CT molecular complexity index is 538.